The zero-order valence-corrected chi connectivity index (χ0v) is 29.8. The number of hydrogen-bond donors (Lipinski definition) is 2. The molecule has 0 radical (unpaired) electrons. The van der Waals surface area contributed by atoms with Crippen LogP contribution < -0.4 is 10.6 Å². The van der Waals surface area contributed by atoms with Gasteiger partial charge in [0.1, 0.15) is 0 Å². The molecule has 0 aromatic heterocycles. The molecule has 0 saturated carbocycles. The molecule has 178 valence electrons. The summed E-state index contributed by atoms with van der Waals surface area (Å²) in [6.07, 6.45) is 10.8. The smallest absolute Gasteiger partial charge is 0.0305 e. The number of thiocarbonyl (C=S) groups is 2. The maximum Gasteiger partial charge on any atom is 0.0305 e. The molecule has 0 unspecified atom stereocenters. The molecule has 0 aliphatic rings. The first-order valence-corrected chi connectivity index (χ1v) is 28.1. The van der Waals surface area contributed by atoms with Gasteiger partial charge in [0.15, 0.2) is 0 Å². The Morgan fingerprint density at radius 3 is 1.03 bits per heavy atom. The number of halogens is 2. The summed E-state index contributed by atoms with van der Waals surface area (Å²) in [6, 6.07) is 0. The first-order chi connectivity index (χ1) is 14.2. The van der Waals surface area contributed by atoms with Crippen LogP contribution in [0, 0.1) is 0 Å². The number of rotatable bonds is 15. The van der Waals surface area contributed by atoms with Crippen molar-refractivity contribution in [3.8, 4) is 0 Å². The van der Waals surface area contributed by atoms with Gasteiger partial charge in [0, 0.05) is 13.1 Å². The SMILES string of the molecule is CCC[CH2][Sn+]([Cl])[CH2]CCC.CCC[CH2][Sn+]([Cl])[CH2]CCC.S=C([S-])NCCNC(=S)[S-]. The van der Waals surface area contributed by atoms with Crippen LogP contribution in [0.4, 0.5) is 0 Å². The zero-order chi connectivity index (χ0) is 23.6. The van der Waals surface area contributed by atoms with E-state index in [0.717, 1.165) is 0 Å². The molecule has 0 heterocycles. The second kappa shape index (κ2) is 31.4. The van der Waals surface area contributed by atoms with Gasteiger partial charge in [-0.2, -0.15) is 0 Å². The van der Waals surface area contributed by atoms with Gasteiger partial charge in [-0.05, 0) is 0 Å². The molecule has 10 heteroatoms. The first-order valence-electron chi connectivity index (χ1n) is 11.1. The quantitative estimate of drug-likeness (QED) is 0.0782. The summed E-state index contributed by atoms with van der Waals surface area (Å²) in [5.41, 5.74) is 0. The third-order valence-corrected chi connectivity index (χ3v) is 19.7. The van der Waals surface area contributed by atoms with E-state index in [9.17, 15) is 0 Å². The van der Waals surface area contributed by atoms with Crippen LogP contribution in [0.2, 0.25) is 17.7 Å². The van der Waals surface area contributed by atoms with Crippen molar-refractivity contribution in [2.24, 2.45) is 0 Å². The molecule has 0 aliphatic carbocycles. The average Bonchev–Trinajstić information content (AvgIpc) is 2.71. The Morgan fingerprint density at radius 2 is 0.867 bits per heavy atom. The van der Waals surface area contributed by atoms with E-state index in [2.05, 4.69) is 88.0 Å². The predicted octanol–water partition coefficient (Wildman–Crippen LogP) is 7.46. The van der Waals surface area contributed by atoms with Gasteiger partial charge in [-0.1, -0.05) is 8.64 Å². The molecule has 0 aliphatic heterocycles. The van der Waals surface area contributed by atoms with E-state index in [1.54, 1.807) is 0 Å². The molecule has 0 fully saturated rings. The van der Waals surface area contributed by atoms with E-state index in [-0.39, 0.29) is 0 Å². The van der Waals surface area contributed by atoms with Crippen molar-refractivity contribution in [1.29, 1.82) is 0 Å². The van der Waals surface area contributed by atoms with Crippen LogP contribution in [0.15, 0.2) is 0 Å². The van der Waals surface area contributed by atoms with Crippen molar-refractivity contribution in [2.45, 2.75) is 96.8 Å². The fraction of sp³-hybridized carbons (Fsp3) is 0.900. The van der Waals surface area contributed by atoms with E-state index < -0.39 is 37.3 Å². The Kier molecular flexibility index (Phi) is 38.7. The molecule has 0 aromatic carbocycles. The Balaban J connectivity index is -0.000000364. The minimum atomic E-state index is -1.27. The van der Waals surface area contributed by atoms with Gasteiger partial charge in [-0.15, -0.1) is 0 Å². The topological polar surface area (TPSA) is 24.1 Å². The predicted molar refractivity (Wildman–Crippen MR) is 158 cm³/mol. The molecule has 0 amide bonds. The molecule has 0 rings (SSSR count). The molecule has 30 heavy (non-hydrogen) atoms. The van der Waals surface area contributed by atoms with Gasteiger partial charge in [0.05, 0.1) is 0 Å². The number of nitrogens with one attached hydrogen (secondary N) is 2. The fourth-order valence-electron chi connectivity index (χ4n) is 2.05. The Labute approximate surface area is 231 Å². The summed E-state index contributed by atoms with van der Waals surface area (Å²) >= 11 is 15.8. The van der Waals surface area contributed by atoms with Gasteiger partial charge >= 0.3 is 152 Å². The molecule has 0 spiro atoms. The van der Waals surface area contributed by atoms with E-state index in [1.807, 2.05) is 0 Å². The van der Waals surface area contributed by atoms with Crippen molar-refractivity contribution < 1.29 is 0 Å². The van der Waals surface area contributed by atoms with Crippen molar-refractivity contribution in [2.75, 3.05) is 13.1 Å². The minimum absolute atomic E-state index is 0.372. The van der Waals surface area contributed by atoms with Crippen molar-refractivity contribution >= 4 is 113 Å². The summed E-state index contributed by atoms with van der Waals surface area (Å²) in [6.45, 7) is 10.3. The van der Waals surface area contributed by atoms with Crippen molar-refractivity contribution in [3.05, 3.63) is 0 Å². The van der Waals surface area contributed by atoms with Crippen LogP contribution in [-0.4, -0.2) is 59.0 Å². The van der Waals surface area contributed by atoms with Gasteiger partial charge in [0.2, 0.25) is 0 Å². The normalized spacial score (nSPS) is 9.40. The maximum absolute atomic E-state index is 6.24. The van der Waals surface area contributed by atoms with Gasteiger partial charge in [-0.3, -0.25) is 0 Å². The molecule has 2 nitrogen and oxygen atoms in total. The Hall–Kier alpha value is 2.40. The van der Waals surface area contributed by atoms with E-state index in [0.29, 0.717) is 21.7 Å². The van der Waals surface area contributed by atoms with Crippen molar-refractivity contribution in [1.82, 2.24) is 10.6 Å². The molecule has 2 N–H and O–H groups in total. The molecular weight excluding hydrogens is 705 g/mol. The second-order valence-electron chi connectivity index (χ2n) is 6.88. The molecule has 0 saturated heterocycles. The van der Waals surface area contributed by atoms with Crippen LogP contribution in [0.3, 0.4) is 0 Å². The van der Waals surface area contributed by atoms with Crippen LogP contribution in [0.5, 0.6) is 0 Å². The Bertz CT molecular complexity index is 335. The van der Waals surface area contributed by atoms with E-state index in [1.165, 1.54) is 69.1 Å². The standard InChI is InChI=1S/C4H8N2S4.4C4H9.2ClH.2Sn/c7-3(8)5-1-2-6-4(9)10;4*1-3-4-2;;;;/h1-2H2,(H2,5,7,8)(H2,6,9,10);4*1,3-4H2,2H3;2*1H;;/q;;;;;;;2*+2/p-4. The first kappa shape index (κ1) is 37.0. The summed E-state index contributed by atoms with van der Waals surface area (Å²) in [5, 5.41) is 5.56. The molecule has 0 aromatic rings. The summed E-state index contributed by atoms with van der Waals surface area (Å²) in [7, 11) is 12.5. The van der Waals surface area contributed by atoms with Crippen LogP contribution in [-0.2, 0) is 25.3 Å². The fourth-order valence-corrected chi connectivity index (χ4v) is 15.9. The van der Waals surface area contributed by atoms with Gasteiger partial charge < -0.3 is 60.3 Å². The molecular formula is C20H42Cl2N2S4Sn2. The summed E-state index contributed by atoms with van der Waals surface area (Å²) in [4.78, 5) is 0. The summed E-state index contributed by atoms with van der Waals surface area (Å²) < 4.78 is 6.36. The van der Waals surface area contributed by atoms with Gasteiger partial charge in [0.25, 0.3) is 0 Å². The van der Waals surface area contributed by atoms with Crippen molar-refractivity contribution in [3.63, 3.8) is 0 Å². The maximum atomic E-state index is 6.24. The van der Waals surface area contributed by atoms with Crippen LogP contribution in [0.25, 0.3) is 0 Å². The van der Waals surface area contributed by atoms with E-state index in [4.69, 9.17) is 17.8 Å². The third kappa shape index (κ3) is 40.7. The molecule has 0 bridgehead atoms. The average molecular weight is 747 g/mol. The Morgan fingerprint density at radius 1 is 0.633 bits per heavy atom. The van der Waals surface area contributed by atoms with Crippen LogP contribution >= 0.6 is 42.3 Å². The third-order valence-electron chi connectivity index (χ3n) is 3.87. The van der Waals surface area contributed by atoms with Crippen LogP contribution in [0.1, 0.15) is 79.1 Å². The zero-order valence-electron chi connectivity index (χ0n) is 19.3. The second-order valence-corrected chi connectivity index (χ2v) is 27.8. The largest absolute Gasteiger partial charge is 0.412 e. The monoisotopic (exact) mass is 748 g/mol. The van der Waals surface area contributed by atoms with Gasteiger partial charge in [-0.25, -0.2) is 0 Å². The minimum Gasteiger partial charge on any atom is -0.412 e. The number of unbranched alkanes of at least 4 members (excludes halogenated alkanes) is 4. The summed E-state index contributed by atoms with van der Waals surface area (Å²) in [5.74, 6) is 0. The van der Waals surface area contributed by atoms with E-state index >= 15 is 0 Å². The number of hydrogen-bond acceptors (Lipinski definition) is 4. The molecule has 0 atom stereocenters.